The molecule has 4 rings (SSSR count). The molecule has 5 nitrogen and oxygen atoms in total. The van der Waals surface area contributed by atoms with Gasteiger partial charge in [-0.05, 0) is 54.0 Å². The monoisotopic (exact) mass is 431 g/mol. The summed E-state index contributed by atoms with van der Waals surface area (Å²) in [5, 5.41) is 0. The number of amides is 2. The zero-order chi connectivity index (χ0) is 22.3. The average molecular weight is 432 g/mol. The zero-order valence-corrected chi connectivity index (χ0v) is 18.8. The number of aromatic nitrogens is 1. The number of hydrogen-bond acceptors (Lipinski definition) is 3. The molecule has 1 atom stereocenters. The summed E-state index contributed by atoms with van der Waals surface area (Å²) in [4.78, 5) is 34.3. The average Bonchev–Trinajstić information content (AvgIpc) is 3.28. The van der Waals surface area contributed by atoms with Gasteiger partial charge in [0.05, 0.1) is 5.92 Å². The van der Waals surface area contributed by atoms with Crippen LogP contribution in [0.3, 0.4) is 0 Å². The van der Waals surface area contributed by atoms with Gasteiger partial charge >= 0.3 is 0 Å². The Kier molecular flexibility index (Phi) is 7.35. The maximum Gasteiger partial charge on any atom is 0.228 e. The second-order valence-corrected chi connectivity index (χ2v) is 9.10. The van der Waals surface area contributed by atoms with Gasteiger partial charge in [0, 0.05) is 45.0 Å². The number of rotatable bonds is 7. The first-order valence-corrected chi connectivity index (χ1v) is 11.8. The Morgan fingerprint density at radius 2 is 1.88 bits per heavy atom. The van der Waals surface area contributed by atoms with Gasteiger partial charge in [0.15, 0.2) is 0 Å². The molecule has 32 heavy (non-hydrogen) atoms. The second-order valence-electron chi connectivity index (χ2n) is 9.10. The summed E-state index contributed by atoms with van der Waals surface area (Å²) in [5.74, 6) is 0.606. The number of nitrogens with zero attached hydrogens (tertiary/aromatic N) is 3. The van der Waals surface area contributed by atoms with Crippen LogP contribution in [0.4, 0.5) is 0 Å². The van der Waals surface area contributed by atoms with Gasteiger partial charge in [-0.2, -0.15) is 0 Å². The minimum atomic E-state index is -0.238. The van der Waals surface area contributed by atoms with E-state index in [-0.39, 0.29) is 17.7 Å². The molecule has 0 bridgehead atoms. The predicted molar refractivity (Wildman–Crippen MR) is 127 cm³/mol. The van der Waals surface area contributed by atoms with Crippen molar-refractivity contribution in [1.82, 2.24) is 14.8 Å². The van der Waals surface area contributed by atoms with E-state index >= 15 is 0 Å². The molecule has 2 amide bonds. The lowest BCUT2D eigenvalue weighted by Crippen LogP contribution is -2.38. The van der Waals surface area contributed by atoms with Crippen molar-refractivity contribution in [3.8, 4) is 11.1 Å². The molecule has 2 fully saturated rings. The van der Waals surface area contributed by atoms with Crippen molar-refractivity contribution in [2.24, 2.45) is 11.8 Å². The van der Waals surface area contributed by atoms with Crippen molar-refractivity contribution < 1.29 is 9.59 Å². The molecule has 2 aliphatic rings. The number of carbonyl (C=O) groups excluding carboxylic acids is 2. The van der Waals surface area contributed by atoms with E-state index in [1.54, 1.807) is 18.5 Å². The molecule has 2 aromatic rings. The summed E-state index contributed by atoms with van der Waals surface area (Å²) in [7, 11) is 0. The molecule has 1 aliphatic carbocycles. The Bertz CT molecular complexity index is 937. The van der Waals surface area contributed by atoms with E-state index in [2.05, 4.69) is 29.8 Å². The summed E-state index contributed by atoms with van der Waals surface area (Å²) in [6.07, 6.45) is 11.4. The topological polar surface area (TPSA) is 53.5 Å². The van der Waals surface area contributed by atoms with Crippen molar-refractivity contribution in [3.05, 3.63) is 67.0 Å². The SMILES string of the molecule is C=CCN1CCN(C(=O)CC2CCCC2)C[C@H](Cc2cccc(-c3ccncc3)c2)C1=O. The van der Waals surface area contributed by atoms with Crippen LogP contribution in [-0.2, 0) is 16.0 Å². The molecule has 1 saturated heterocycles. The van der Waals surface area contributed by atoms with Crippen LogP contribution < -0.4 is 0 Å². The van der Waals surface area contributed by atoms with E-state index in [4.69, 9.17) is 0 Å². The van der Waals surface area contributed by atoms with E-state index in [9.17, 15) is 9.59 Å². The lowest BCUT2D eigenvalue weighted by Gasteiger charge is -2.25. The zero-order valence-electron chi connectivity index (χ0n) is 18.8. The molecule has 1 aliphatic heterocycles. The fourth-order valence-electron chi connectivity index (χ4n) is 5.06. The van der Waals surface area contributed by atoms with E-state index in [1.165, 1.54) is 12.8 Å². The lowest BCUT2D eigenvalue weighted by molar-refractivity contribution is -0.134. The maximum absolute atomic E-state index is 13.3. The van der Waals surface area contributed by atoms with Gasteiger partial charge in [0.1, 0.15) is 0 Å². The molecular weight excluding hydrogens is 398 g/mol. The van der Waals surface area contributed by atoms with Crippen LogP contribution in [0.5, 0.6) is 0 Å². The fourth-order valence-corrected chi connectivity index (χ4v) is 5.06. The highest BCUT2D eigenvalue weighted by atomic mass is 16.2. The van der Waals surface area contributed by atoms with Gasteiger partial charge in [0.2, 0.25) is 11.8 Å². The van der Waals surface area contributed by atoms with E-state index in [1.807, 2.05) is 28.0 Å². The molecule has 0 N–H and O–H groups in total. The Morgan fingerprint density at radius 3 is 2.62 bits per heavy atom. The summed E-state index contributed by atoms with van der Waals surface area (Å²) in [6, 6.07) is 12.3. The number of benzene rings is 1. The van der Waals surface area contributed by atoms with Gasteiger partial charge in [0.25, 0.3) is 0 Å². The van der Waals surface area contributed by atoms with Crippen LogP contribution in [-0.4, -0.2) is 52.8 Å². The summed E-state index contributed by atoms with van der Waals surface area (Å²) < 4.78 is 0. The summed E-state index contributed by atoms with van der Waals surface area (Å²) in [5.41, 5.74) is 3.33. The van der Waals surface area contributed by atoms with Crippen LogP contribution >= 0.6 is 0 Å². The standard InChI is InChI=1S/C27H33N3O2/c1-2-14-29-15-16-30(26(31)19-21-6-3-4-7-21)20-25(27(29)32)18-22-8-5-9-24(17-22)23-10-12-28-13-11-23/h2,5,8-13,17,21,25H,1,3-4,6-7,14-16,18-20H2/t25-/m0/s1. The summed E-state index contributed by atoms with van der Waals surface area (Å²) in [6.45, 7) is 6.03. The number of carbonyl (C=O) groups is 2. The molecule has 1 saturated carbocycles. The highest BCUT2D eigenvalue weighted by molar-refractivity contribution is 5.82. The highest BCUT2D eigenvalue weighted by Crippen LogP contribution is 2.29. The van der Waals surface area contributed by atoms with E-state index in [0.29, 0.717) is 44.9 Å². The summed E-state index contributed by atoms with van der Waals surface area (Å²) >= 11 is 0. The third kappa shape index (κ3) is 5.45. The van der Waals surface area contributed by atoms with Gasteiger partial charge in [-0.1, -0.05) is 43.2 Å². The van der Waals surface area contributed by atoms with Crippen LogP contribution in [0.25, 0.3) is 11.1 Å². The molecule has 1 aromatic heterocycles. The first-order chi connectivity index (χ1) is 15.6. The molecule has 1 aromatic carbocycles. The minimum Gasteiger partial charge on any atom is -0.340 e. The Hall–Kier alpha value is -2.95. The minimum absolute atomic E-state index is 0.121. The maximum atomic E-state index is 13.3. The Balaban J connectivity index is 1.52. The van der Waals surface area contributed by atoms with E-state index in [0.717, 1.165) is 29.5 Å². The molecule has 0 spiro atoms. The van der Waals surface area contributed by atoms with Crippen molar-refractivity contribution in [2.45, 2.75) is 38.5 Å². The third-order valence-electron chi connectivity index (χ3n) is 6.80. The smallest absolute Gasteiger partial charge is 0.228 e. The van der Waals surface area contributed by atoms with Crippen molar-refractivity contribution >= 4 is 11.8 Å². The van der Waals surface area contributed by atoms with Crippen molar-refractivity contribution in [3.63, 3.8) is 0 Å². The van der Waals surface area contributed by atoms with Crippen LogP contribution in [0.15, 0.2) is 61.4 Å². The predicted octanol–water partition coefficient (Wildman–Crippen LogP) is 4.34. The Labute approximate surface area is 191 Å². The van der Waals surface area contributed by atoms with Gasteiger partial charge in [-0.3, -0.25) is 14.6 Å². The van der Waals surface area contributed by atoms with Crippen LogP contribution in [0, 0.1) is 11.8 Å². The first-order valence-electron chi connectivity index (χ1n) is 11.8. The molecule has 0 unspecified atom stereocenters. The van der Waals surface area contributed by atoms with E-state index < -0.39 is 0 Å². The largest absolute Gasteiger partial charge is 0.340 e. The molecule has 0 radical (unpaired) electrons. The number of pyridine rings is 1. The van der Waals surface area contributed by atoms with Gasteiger partial charge < -0.3 is 9.80 Å². The van der Waals surface area contributed by atoms with Crippen LogP contribution in [0.2, 0.25) is 0 Å². The first kappa shape index (κ1) is 22.3. The quantitative estimate of drug-likeness (QED) is 0.613. The fraction of sp³-hybridized carbons (Fsp3) is 0.444. The van der Waals surface area contributed by atoms with Gasteiger partial charge in [-0.25, -0.2) is 0 Å². The highest BCUT2D eigenvalue weighted by Gasteiger charge is 2.32. The third-order valence-corrected chi connectivity index (χ3v) is 6.80. The molecule has 2 heterocycles. The van der Waals surface area contributed by atoms with Crippen molar-refractivity contribution in [1.29, 1.82) is 0 Å². The molecule has 5 heteroatoms. The second kappa shape index (κ2) is 10.6. The number of hydrogen-bond donors (Lipinski definition) is 0. The Morgan fingerprint density at radius 1 is 1.09 bits per heavy atom. The molecular formula is C27H33N3O2. The normalized spacial score (nSPS) is 19.8. The molecule has 168 valence electrons. The van der Waals surface area contributed by atoms with Crippen molar-refractivity contribution in [2.75, 3.05) is 26.2 Å². The van der Waals surface area contributed by atoms with Gasteiger partial charge in [-0.15, -0.1) is 6.58 Å². The lowest BCUT2D eigenvalue weighted by atomic mass is 9.94. The van der Waals surface area contributed by atoms with Crippen LogP contribution in [0.1, 0.15) is 37.7 Å².